The van der Waals surface area contributed by atoms with Crippen LogP contribution in [0.1, 0.15) is 142 Å². The summed E-state index contributed by atoms with van der Waals surface area (Å²) in [6.45, 7) is 1.54. The molecule has 3 saturated heterocycles. The first-order valence-corrected chi connectivity index (χ1v) is 24.4. The SMILES string of the molecule is CCCCCCCCCCCCCCCC/C=C/C(O)C(COC1OC(CO)C(OC2OC(CO)C(OC3OC(CO)C(O)C(O)C3O)C(O)C2O)C(O)C1O)NC(=O)CCCCCC. The predicted molar refractivity (Wildman–Crippen MR) is 236 cm³/mol. The van der Waals surface area contributed by atoms with Crippen molar-refractivity contribution in [2.75, 3.05) is 26.4 Å². The van der Waals surface area contributed by atoms with Gasteiger partial charge in [0.1, 0.15) is 73.2 Å². The molecule has 17 atom stereocenters. The Balaban J connectivity index is 1.53. The van der Waals surface area contributed by atoms with Gasteiger partial charge in [0.2, 0.25) is 5.91 Å². The van der Waals surface area contributed by atoms with Crippen LogP contribution in [-0.4, -0.2) is 193 Å². The van der Waals surface area contributed by atoms with E-state index in [-0.39, 0.29) is 18.9 Å². The number of aliphatic hydroxyl groups excluding tert-OH is 11. The van der Waals surface area contributed by atoms with Gasteiger partial charge in [0, 0.05) is 6.42 Å². The molecule has 0 bridgehead atoms. The standard InChI is InChI=1S/C46H85NO18/c1-3-5-7-9-10-11-12-13-14-15-16-17-18-19-20-21-23-30(51)29(47-34(52)24-22-8-6-4-2)28-60-44-40(58)37(55)42(32(26-49)62-44)65-46-41(59)38(56)43(33(27-50)63-46)64-45-39(57)36(54)35(53)31(25-48)61-45/h21,23,29-33,35-46,48-51,53-59H,3-20,22,24-28H2,1-2H3,(H,47,52)/b23-21+. The smallest absolute Gasteiger partial charge is 0.220 e. The average molecular weight is 940 g/mol. The Hall–Kier alpha value is -1.47. The molecule has 0 aromatic heterocycles. The minimum atomic E-state index is -1.97. The number of nitrogens with one attached hydrogen (secondary N) is 1. The van der Waals surface area contributed by atoms with E-state index in [0.29, 0.717) is 6.42 Å². The van der Waals surface area contributed by atoms with Crippen LogP contribution in [0.15, 0.2) is 12.2 Å². The van der Waals surface area contributed by atoms with Crippen LogP contribution in [0.2, 0.25) is 0 Å². The van der Waals surface area contributed by atoms with E-state index in [1.165, 1.54) is 70.6 Å². The number of amides is 1. The molecule has 19 nitrogen and oxygen atoms in total. The van der Waals surface area contributed by atoms with Gasteiger partial charge in [-0.1, -0.05) is 129 Å². The van der Waals surface area contributed by atoms with Crippen LogP contribution in [0, 0.1) is 0 Å². The summed E-state index contributed by atoms with van der Waals surface area (Å²) in [5.41, 5.74) is 0. The number of aliphatic hydroxyl groups is 11. The monoisotopic (exact) mass is 940 g/mol. The van der Waals surface area contributed by atoms with Crippen LogP contribution < -0.4 is 5.32 Å². The molecule has 3 heterocycles. The lowest BCUT2D eigenvalue weighted by Crippen LogP contribution is -2.66. The van der Waals surface area contributed by atoms with Crippen LogP contribution >= 0.6 is 0 Å². The summed E-state index contributed by atoms with van der Waals surface area (Å²) in [5, 5.41) is 119. The first-order chi connectivity index (χ1) is 31.3. The molecule has 1 amide bonds. The second-order valence-electron chi connectivity index (χ2n) is 17.9. The summed E-state index contributed by atoms with van der Waals surface area (Å²) in [6.07, 6.45) is -1.24. The first kappa shape index (κ1) is 57.8. The fourth-order valence-corrected chi connectivity index (χ4v) is 8.42. The largest absolute Gasteiger partial charge is 0.394 e. The lowest BCUT2D eigenvalue weighted by molar-refractivity contribution is -0.379. The van der Waals surface area contributed by atoms with E-state index < -0.39 is 124 Å². The maximum absolute atomic E-state index is 12.9. The molecular weight excluding hydrogens is 854 g/mol. The number of carbonyl (C=O) groups is 1. The van der Waals surface area contributed by atoms with Crippen molar-refractivity contribution in [3.8, 4) is 0 Å². The maximum Gasteiger partial charge on any atom is 0.220 e. The Bertz CT molecular complexity index is 1260. The van der Waals surface area contributed by atoms with Crippen molar-refractivity contribution in [1.29, 1.82) is 0 Å². The van der Waals surface area contributed by atoms with Gasteiger partial charge in [-0.15, -0.1) is 0 Å². The van der Waals surface area contributed by atoms with Crippen molar-refractivity contribution < 1.29 is 89.4 Å². The Morgan fingerprint density at radius 2 is 0.954 bits per heavy atom. The van der Waals surface area contributed by atoms with Crippen molar-refractivity contribution in [2.24, 2.45) is 0 Å². The van der Waals surface area contributed by atoms with E-state index in [2.05, 4.69) is 19.2 Å². The van der Waals surface area contributed by atoms with E-state index >= 15 is 0 Å². The van der Waals surface area contributed by atoms with Crippen molar-refractivity contribution >= 4 is 5.91 Å². The molecule has 12 N–H and O–H groups in total. The van der Waals surface area contributed by atoms with Gasteiger partial charge in [-0.3, -0.25) is 4.79 Å². The Kier molecular flexibility index (Phi) is 28.8. The third-order valence-electron chi connectivity index (χ3n) is 12.6. The molecule has 0 aromatic carbocycles. The molecule has 19 heteroatoms. The summed E-state index contributed by atoms with van der Waals surface area (Å²) in [4.78, 5) is 12.9. The van der Waals surface area contributed by atoms with E-state index in [0.717, 1.165) is 44.9 Å². The summed E-state index contributed by atoms with van der Waals surface area (Å²) >= 11 is 0. The third-order valence-corrected chi connectivity index (χ3v) is 12.6. The molecule has 65 heavy (non-hydrogen) atoms. The zero-order valence-electron chi connectivity index (χ0n) is 38.7. The minimum absolute atomic E-state index is 0.237. The van der Waals surface area contributed by atoms with Gasteiger partial charge in [-0.25, -0.2) is 0 Å². The Morgan fingerprint density at radius 1 is 0.538 bits per heavy atom. The molecular formula is C46H85NO18. The first-order valence-electron chi connectivity index (χ1n) is 24.4. The van der Waals surface area contributed by atoms with Gasteiger partial charge in [0.05, 0.1) is 38.6 Å². The summed E-state index contributed by atoms with van der Waals surface area (Å²) in [5.74, 6) is -0.295. The highest BCUT2D eigenvalue weighted by Crippen LogP contribution is 2.33. The lowest BCUT2D eigenvalue weighted by Gasteiger charge is -2.48. The molecule has 3 rings (SSSR count). The van der Waals surface area contributed by atoms with Gasteiger partial charge < -0.3 is 89.9 Å². The van der Waals surface area contributed by atoms with Gasteiger partial charge >= 0.3 is 0 Å². The molecule has 0 radical (unpaired) electrons. The molecule has 3 aliphatic rings. The number of ether oxygens (including phenoxy) is 6. The van der Waals surface area contributed by atoms with E-state index in [4.69, 9.17) is 28.4 Å². The zero-order chi connectivity index (χ0) is 47.7. The van der Waals surface area contributed by atoms with Crippen LogP contribution in [0.25, 0.3) is 0 Å². The summed E-state index contributed by atoms with van der Waals surface area (Å²) in [7, 11) is 0. The van der Waals surface area contributed by atoms with Gasteiger partial charge in [0.25, 0.3) is 0 Å². The van der Waals surface area contributed by atoms with E-state index in [9.17, 15) is 61.0 Å². The van der Waals surface area contributed by atoms with Gasteiger partial charge in [-0.05, 0) is 19.3 Å². The number of unbranched alkanes of at least 4 members (excludes halogenated alkanes) is 17. The zero-order valence-corrected chi connectivity index (χ0v) is 38.7. The minimum Gasteiger partial charge on any atom is -0.394 e. The highest BCUT2D eigenvalue weighted by molar-refractivity contribution is 5.76. The maximum atomic E-state index is 12.9. The number of hydrogen-bond donors (Lipinski definition) is 12. The van der Waals surface area contributed by atoms with Crippen LogP contribution in [0.4, 0.5) is 0 Å². The average Bonchev–Trinajstić information content (AvgIpc) is 3.30. The second kappa shape index (κ2) is 32.4. The van der Waals surface area contributed by atoms with Crippen molar-refractivity contribution in [2.45, 2.75) is 247 Å². The molecule has 0 saturated carbocycles. The van der Waals surface area contributed by atoms with Crippen LogP contribution in [0.3, 0.4) is 0 Å². The number of allylic oxidation sites excluding steroid dienone is 1. The number of hydrogen-bond acceptors (Lipinski definition) is 18. The Labute approximate surface area is 385 Å². The fourth-order valence-electron chi connectivity index (χ4n) is 8.42. The molecule has 17 unspecified atom stereocenters. The second-order valence-corrected chi connectivity index (χ2v) is 17.9. The molecule has 0 spiro atoms. The summed E-state index contributed by atoms with van der Waals surface area (Å²) < 4.78 is 33.9. The molecule has 382 valence electrons. The molecule has 3 aliphatic heterocycles. The molecule has 0 aliphatic carbocycles. The van der Waals surface area contributed by atoms with Crippen molar-refractivity contribution in [3.63, 3.8) is 0 Å². The third kappa shape index (κ3) is 19.1. The number of rotatable bonds is 33. The molecule has 3 fully saturated rings. The van der Waals surface area contributed by atoms with E-state index in [1.807, 2.05) is 6.08 Å². The highest BCUT2D eigenvalue weighted by Gasteiger charge is 2.53. The quantitative estimate of drug-likeness (QED) is 0.0318. The molecule has 0 aromatic rings. The fraction of sp³-hybridized carbons (Fsp3) is 0.935. The van der Waals surface area contributed by atoms with Crippen LogP contribution in [0.5, 0.6) is 0 Å². The lowest BCUT2D eigenvalue weighted by atomic mass is 9.96. The number of carbonyl (C=O) groups excluding carboxylic acids is 1. The summed E-state index contributed by atoms with van der Waals surface area (Å²) in [6, 6.07) is -0.961. The van der Waals surface area contributed by atoms with Crippen molar-refractivity contribution in [3.05, 3.63) is 12.2 Å². The Morgan fingerprint density at radius 3 is 1.45 bits per heavy atom. The normalized spacial score (nSPS) is 34.2. The predicted octanol–water partition coefficient (Wildman–Crippen LogP) is 0.695. The van der Waals surface area contributed by atoms with Gasteiger partial charge in [-0.2, -0.15) is 0 Å². The highest BCUT2D eigenvalue weighted by atomic mass is 16.8. The topological polar surface area (TPSA) is 307 Å². The van der Waals surface area contributed by atoms with E-state index in [1.54, 1.807) is 6.08 Å². The van der Waals surface area contributed by atoms with Crippen LogP contribution in [-0.2, 0) is 33.2 Å². The van der Waals surface area contributed by atoms with Gasteiger partial charge in [0.15, 0.2) is 18.9 Å². The van der Waals surface area contributed by atoms with Crippen molar-refractivity contribution in [1.82, 2.24) is 5.32 Å².